The normalized spacial score (nSPS) is 24.5. The molecule has 0 aromatic rings. The number of hydrogen-bond donors (Lipinski definition) is 2. The molecule has 1 rings (SSSR count). The standard InChI is InChI=1S/C10H20N2O4S/c1-16-4-2-9(11)10(13)12-6-8-3-5-17(14,15)7-8/h8-9H,2-7,11H2,1H3,(H,12,13). The molecular weight excluding hydrogens is 244 g/mol. The van der Waals surface area contributed by atoms with Gasteiger partial charge in [-0.25, -0.2) is 8.42 Å². The van der Waals surface area contributed by atoms with Crippen LogP contribution in [0.4, 0.5) is 0 Å². The molecule has 1 amide bonds. The average Bonchev–Trinajstić information content (AvgIpc) is 2.62. The van der Waals surface area contributed by atoms with E-state index < -0.39 is 15.9 Å². The van der Waals surface area contributed by atoms with Crippen LogP contribution < -0.4 is 11.1 Å². The van der Waals surface area contributed by atoms with E-state index in [2.05, 4.69) is 5.32 Å². The fourth-order valence-corrected chi connectivity index (χ4v) is 3.65. The third-order valence-corrected chi connectivity index (χ3v) is 4.70. The monoisotopic (exact) mass is 264 g/mol. The third kappa shape index (κ3) is 5.01. The fraction of sp³-hybridized carbons (Fsp3) is 0.900. The number of ether oxygens (including phenoxy) is 1. The molecule has 0 aromatic carbocycles. The Morgan fingerprint density at radius 3 is 2.82 bits per heavy atom. The van der Waals surface area contributed by atoms with E-state index in [4.69, 9.17) is 10.5 Å². The molecule has 1 aliphatic rings. The summed E-state index contributed by atoms with van der Waals surface area (Å²) in [4.78, 5) is 11.5. The molecule has 2 atom stereocenters. The number of sulfone groups is 1. The lowest BCUT2D eigenvalue weighted by Gasteiger charge is -2.14. The fourth-order valence-electron chi connectivity index (χ4n) is 1.78. The molecule has 6 nitrogen and oxygen atoms in total. The molecule has 100 valence electrons. The van der Waals surface area contributed by atoms with E-state index in [1.165, 1.54) is 0 Å². The van der Waals surface area contributed by atoms with Gasteiger partial charge in [-0.15, -0.1) is 0 Å². The van der Waals surface area contributed by atoms with Crippen molar-refractivity contribution in [3.05, 3.63) is 0 Å². The van der Waals surface area contributed by atoms with Gasteiger partial charge in [-0.05, 0) is 18.8 Å². The number of methoxy groups -OCH3 is 1. The van der Waals surface area contributed by atoms with E-state index in [1.54, 1.807) is 7.11 Å². The molecule has 1 saturated heterocycles. The predicted molar refractivity (Wildman–Crippen MR) is 64.2 cm³/mol. The van der Waals surface area contributed by atoms with E-state index in [9.17, 15) is 13.2 Å². The number of carbonyl (C=O) groups excluding carboxylic acids is 1. The van der Waals surface area contributed by atoms with Crippen LogP contribution >= 0.6 is 0 Å². The molecular formula is C10H20N2O4S. The zero-order valence-electron chi connectivity index (χ0n) is 10.0. The van der Waals surface area contributed by atoms with E-state index in [0.717, 1.165) is 0 Å². The molecule has 0 spiro atoms. The number of hydrogen-bond acceptors (Lipinski definition) is 5. The van der Waals surface area contributed by atoms with Crippen molar-refractivity contribution in [3.63, 3.8) is 0 Å². The summed E-state index contributed by atoms with van der Waals surface area (Å²) in [6, 6.07) is -0.590. The summed E-state index contributed by atoms with van der Waals surface area (Å²) in [5.41, 5.74) is 5.63. The Morgan fingerprint density at radius 2 is 2.29 bits per heavy atom. The van der Waals surface area contributed by atoms with E-state index in [-0.39, 0.29) is 23.3 Å². The average molecular weight is 264 g/mol. The van der Waals surface area contributed by atoms with Crippen LogP contribution in [0.2, 0.25) is 0 Å². The number of amides is 1. The minimum absolute atomic E-state index is 0.0265. The van der Waals surface area contributed by atoms with E-state index in [1.807, 2.05) is 0 Å². The lowest BCUT2D eigenvalue weighted by molar-refractivity contribution is -0.122. The number of carbonyl (C=O) groups is 1. The first-order valence-electron chi connectivity index (χ1n) is 5.67. The highest BCUT2D eigenvalue weighted by atomic mass is 32.2. The van der Waals surface area contributed by atoms with Crippen molar-refractivity contribution < 1.29 is 17.9 Å². The first-order chi connectivity index (χ1) is 7.94. The Labute approximate surface area is 102 Å². The minimum Gasteiger partial charge on any atom is -0.385 e. The van der Waals surface area contributed by atoms with Crippen molar-refractivity contribution in [3.8, 4) is 0 Å². The lowest BCUT2D eigenvalue weighted by Crippen LogP contribution is -2.43. The Kier molecular flexibility index (Phi) is 5.35. The SMILES string of the molecule is COCCC(N)C(=O)NCC1CCS(=O)(=O)C1. The maximum atomic E-state index is 11.5. The molecule has 0 radical (unpaired) electrons. The number of nitrogens with one attached hydrogen (secondary N) is 1. The molecule has 2 unspecified atom stereocenters. The van der Waals surface area contributed by atoms with Crippen molar-refractivity contribution >= 4 is 15.7 Å². The van der Waals surface area contributed by atoms with Gasteiger partial charge in [-0.3, -0.25) is 4.79 Å². The molecule has 1 fully saturated rings. The van der Waals surface area contributed by atoms with Gasteiger partial charge in [0.25, 0.3) is 0 Å². The van der Waals surface area contributed by atoms with Gasteiger partial charge in [0.2, 0.25) is 5.91 Å². The molecule has 0 saturated carbocycles. The summed E-state index contributed by atoms with van der Waals surface area (Å²) in [6.07, 6.45) is 1.08. The predicted octanol–water partition coefficient (Wildman–Crippen LogP) is -1.10. The zero-order valence-corrected chi connectivity index (χ0v) is 10.8. The van der Waals surface area contributed by atoms with Gasteiger partial charge < -0.3 is 15.8 Å². The van der Waals surface area contributed by atoms with Crippen molar-refractivity contribution in [1.29, 1.82) is 0 Å². The second-order valence-electron chi connectivity index (χ2n) is 4.40. The Bertz CT molecular complexity index is 355. The molecule has 1 heterocycles. The van der Waals surface area contributed by atoms with Crippen molar-refractivity contribution in [1.82, 2.24) is 5.32 Å². The highest BCUT2D eigenvalue weighted by Gasteiger charge is 2.28. The van der Waals surface area contributed by atoms with Crippen LogP contribution in [0.5, 0.6) is 0 Å². The number of rotatable bonds is 6. The first-order valence-corrected chi connectivity index (χ1v) is 7.49. The molecule has 7 heteroatoms. The maximum absolute atomic E-state index is 11.5. The van der Waals surface area contributed by atoms with Crippen molar-refractivity contribution in [2.45, 2.75) is 18.9 Å². The Hall–Kier alpha value is -0.660. The summed E-state index contributed by atoms with van der Waals surface area (Å²) in [6.45, 7) is 0.825. The van der Waals surface area contributed by atoms with Gasteiger partial charge in [0, 0.05) is 20.3 Å². The van der Waals surface area contributed by atoms with Gasteiger partial charge in [0.1, 0.15) is 0 Å². The summed E-state index contributed by atoms with van der Waals surface area (Å²) in [5, 5.41) is 2.69. The van der Waals surface area contributed by atoms with Gasteiger partial charge in [-0.2, -0.15) is 0 Å². The molecule has 0 bridgehead atoms. The summed E-state index contributed by atoms with van der Waals surface area (Å²) in [5.74, 6) is 0.175. The highest BCUT2D eigenvalue weighted by Crippen LogP contribution is 2.17. The van der Waals surface area contributed by atoms with Gasteiger partial charge >= 0.3 is 0 Å². The summed E-state index contributed by atoms with van der Waals surface area (Å²) in [7, 11) is -1.33. The molecule has 0 aliphatic carbocycles. The van der Waals surface area contributed by atoms with Gasteiger partial charge in [-0.1, -0.05) is 0 Å². The van der Waals surface area contributed by atoms with Crippen LogP contribution in [-0.2, 0) is 19.4 Å². The van der Waals surface area contributed by atoms with Gasteiger partial charge in [0.05, 0.1) is 17.5 Å². The summed E-state index contributed by atoms with van der Waals surface area (Å²) < 4.78 is 27.2. The van der Waals surface area contributed by atoms with Crippen LogP contribution in [0.15, 0.2) is 0 Å². The van der Waals surface area contributed by atoms with Crippen molar-refractivity contribution in [2.24, 2.45) is 11.7 Å². The van der Waals surface area contributed by atoms with Gasteiger partial charge in [0.15, 0.2) is 9.84 Å². The zero-order chi connectivity index (χ0) is 12.9. The van der Waals surface area contributed by atoms with Crippen LogP contribution in [0.25, 0.3) is 0 Å². The topological polar surface area (TPSA) is 98.5 Å². The third-order valence-electron chi connectivity index (χ3n) is 2.86. The molecule has 1 aliphatic heterocycles. The Balaban J connectivity index is 2.24. The second-order valence-corrected chi connectivity index (χ2v) is 6.63. The number of nitrogens with two attached hydrogens (primary N) is 1. The quantitative estimate of drug-likeness (QED) is 0.634. The largest absolute Gasteiger partial charge is 0.385 e. The molecule has 17 heavy (non-hydrogen) atoms. The first kappa shape index (κ1) is 14.4. The Morgan fingerprint density at radius 1 is 1.59 bits per heavy atom. The smallest absolute Gasteiger partial charge is 0.237 e. The van der Waals surface area contributed by atoms with Crippen molar-refractivity contribution in [2.75, 3.05) is 31.8 Å². The molecule has 3 N–H and O–H groups in total. The minimum atomic E-state index is -2.88. The lowest BCUT2D eigenvalue weighted by atomic mass is 10.1. The van der Waals surface area contributed by atoms with E-state index >= 15 is 0 Å². The van der Waals surface area contributed by atoms with Crippen LogP contribution in [0.3, 0.4) is 0 Å². The summed E-state index contributed by atoms with van der Waals surface area (Å²) >= 11 is 0. The maximum Gasteiger partial charge on any atom is 0.237 e. The highest BCUT2D eigenvalue weighted by molar-refractivity contribution is 7.91. The molecule has 0 aromatic heterocycles. The second kappa shape index (κ2) is 6.32. The van der Waals surface area contributed by atoms with E-state index in [0.29, 0.717) is 26.0 Å². The van der Waals surface area contributed by atoms with Crippen LogP contribution in [0.1, 0.15) is 12.8 Å². The van der Waals surface area contributed by atoms with Crippen LogP contribution in [-0.4, -0.2) is 52.1 Å². The van der Waals surface area contributed by atoms with Crippen LogP contribution in [0, 0.1) is 5.92 Å².